The highest BCUT2D eigenvalue weighted by Crippen LogP contribution is 2.14. The maximum Gasteiger partial charge on any atom is 0.305 e. The lowest BCUT2D eigenvalue weighted by atomic mass is 10.2. The number of aryl methyl sites for hydroxylation is 1. The van der Waals surface area contributed by atoms with Crippen molar-refractivity contribution in [3.63, 3.8) is 0 Å². The van der Waals surface area contributed by atoms with Crippen LogP contribution in [0.2, 0.25) is 0 Å². The van der Waals surface area contributed by atoms with Crippen molar-refractivity contribution in [1.82, 2.24) is 4.98 Å². The fourth-order valence-electron chi connectivity index (χ4n) is 1.82. The second-order valence-corrected chi connectivity index (χ2v) is 4.53. The van der Waals surface area contributed by atoms with Crippen molar-refractivity contribution in [2.75, 3.05) is 18.0 Å². The Kier molecular flexibility index (Phi) is 6.19. The molecular formula is C14H22N2O2. The molecule has 0 spiro atoms. The molecule has 0 saturated heterocycles. The summed E-state index contributed by atoms with van der Waals surface area (Å²) in [4.78, 5) is 17.1. The largest absolute Gasteiger partial charge is 0.481 e. The molecule has 4 heteroatoms. The molecule has 0 aromatic carbocycles. The molecule has 1 heterocycles. The van der Waals surface area contributed by atoms with E-state index in [1.165, 1.54) is 0 Å². The highest BCUT2D eigenvalue weighted by Gasteiger charge is 2.09. The topological polar surface area (TPSA) is 53.4 Å². The number of aromatic nitrogens is 1. The Morgan fingerprint density at radius 2 is 2.17 bits per heavy atom. The number of pyridine rings is 1. The van der Waals surface area contributed by atoms with Crippen LogP contribution in [0.3, 0.4) is 0 Å². The zero-order chi connectivity index (χ0) is 13.4. The monoisotopic (exact) mass is 250 g/mol. The summed E-state index contributed by atoms with van der Waals surface area (Å²) in [5, 5.41) is 8.79. The first kappa shape index (κ1) is 14.5. The lowest BCUT2D eigenvalue weighted by Crippen LogP contribution is -2.28. The number of anilines is 1. The predicted octanol–water partition coefficient (Wildman–Crippen LogP) is 2.86. The number of hydrogen-bond acceptors (Lipinski definition) is 3. The van der Waals surface area contributed by atoms with Crippen LogP contribution in [0, 0.1) is 6.92 Å². The second-order valence-electron chi connectivity index (χ2n) is 4.53. The normalized spacial score (nSPS) is 10.3. The van der Waals surface area contributed by atoms with Crippen LogP contribution in [-0.4, -0.2) is 29.1 Å². The Morgan fingerprint density at radius 1 is 1.39 bits per heavy atom. The van der Waals surface area contributed by atoms with Crippen LogP contribution in [0.15, 0.2) is 18.3 Å². The van der Waals surface area contributed by atoms with E-state index in [1.54, 1.807) is 6.20 Å². The summed E-state index contributed by atoms with van der Waals surface area (Å²) in [5.74, 6) is 0.121. The van der Waals surface area contributed by atoms with E-state index in [-0.39, 0.29) is 6.42 Å². The van der Waals surface area contributed by atoms with Gasteiger partial charge in [-0.2, -0.15) is 0 Å². The van der Waals surface area contributed by atoms with Gasteiger partial charge in [0.15, 0.2) is 0 Å². The van der Waals surface area contributed by atoms with E-state index in [9.17, 15) is 4.79 Å². The fraction of sp³-hybridized carbons (Fsp3) is 0.571. The van der Waals surface area contributed by atoms with Crippen molar-refractivity contribution < 1.29 is 9.90 Å². The number of carbonyl (C=O) groups is 1. The first-order chi connectivity index (χ1) is 8.63. The van der Waals surface area contributed by atoms with Gasteiger partial charge in [-0.25, -0.2) is 4.98 Å². The Hall–Kier alpha value is -1.58. The van der Waals surface area contributed by atoms with Crippen molar-refractivity contribution in [3.8, 4) is 0 Å². The summed E-state index contributed by atoms with van der Waals surface area (Å²) < 4.78 is 0. The van der Waals surface area contributed by atoms with E-state index >= 15 is 0 Å². The number of carboxylic acids is 1. The summed E-state index contributed by atoms with van der Waals surface area (Å²) in [5.41, 5.74) is 1.15. The molecule has 1 rings (SSSR count). The van der Waals surface area contributed by atoms with E-state index in [2.05, 4.69) is 16.8 Å². The quantitative estimate of drug-likeness (QED) is 0.721. The molecule has 0 aliphatic rings. The number of unbranched alkanes of at least 4 members (excludes halogenated alkanes) is 2. The third-order valence-electron chi connectivity index (χ3n) is 2.85. The Labute approximate surface area is 109 Å². The van der Waals surface area contributed by atoms with Gasteiger partial charge in [0.25, 0.3) is 0 Å². The highest BCUT2D eigenvalue weighted by atomic mass is 16.4. The van der Waals surface area contributed by atoms with Gasteiger partial charge in [-0.3, -0.25) is 4.79 Å². The molecule has 0 bridgehead atoms. The van der Waals surface area contributed by atoms with Crippen molar-refractivity contribution in [2.45, 2.75) is 39.5 Å². The standard InChI is InChI=1S/C14H22N2O2/c1-3-4-5-9-16(10-7-14(17)18)13-11-12(2)6-8-15-13/h6,8,11H,3-5,7,9-10H2,1-2H3,(H,17,18). The van der Waals surface area contributed by atoms with Crippen LogP contribution < -0.4 is 4.90 Å². The summed E-state index contributed by atoms with van der Waals surface area (Å²) in [6, 6.07) is 3.96. The lowest BCUT2D eigenvalue weighted by molar-refractivity contribution is -0.136. The molecule has 0 fully saturated rings. The SMILES string of the molecule is CCCCCN(CCC(=O)O)c1cc(C)ccn1. The molecule has 0 atom stereocenters. The number of aliphatic carboxylic acids is 1. The smallest absolute Gasteiger partial charge is 0.305 e. The molecule has 0 aliphatic heterocycles. The van der Waals surface area contributed by atoms with Crippen LogP contribution in [0.1, 0.15) is 38.2 Å². The van der Waals surface area contributed by atoms with E-state index in [0.29, 0.717) is 6.54 Å². The molecular weight excluding hydrogens is 228 g/mol. The molecule has 0 radical (unpaired) electrons. The molecule has 0 unspecified atom stereocenters. The molecule has 0 amide bonds. The molecule has 0 saturated carbocycles. The average Bonchev–Trinajstić information content (AvgIpc) is 2.33. The number of hydrogen-bond donors (Lipinski definition) is 1. The first-order valence-electron chi connectivity index (χ1n) is 6.53. The highest BCUT2D eigenvalue weighted by molar-refractivity contribution is 5.67. The third-order valence-corrected chi connectivity index (χ3v) is 2.85. The van der Waals surface area contributed by atoms with Gasteiger partial charge in [-0.15, -0.1) is 0 Å². The predicted molar refractivity (Wildman–Crippen MR) is 73.0 cm³/mol. The Morgan fingerprint density at radius 3 is 2.78 bits per heavy atom. The van der Waals surface area contributed by atoms with E-state index in [4.69, 9.17) is 5.11 Å². The zero-order valence-corrected chi connectivity index (χ0v) is 11.2. The fourth-order valence-corrected chi connectivity index (χ4v) is 1.82. The summed E-state index contributed by atoms with van der Waals surface area (Å²) in [7, 11) is 0. The number of nitrogens with zero attached hydrogens (tertiary/aromatic N) is 2. The molecule has 1 aromatic heterocycles. The van der Waals surface area contributed by atoms with Crippen LogP contribution in [-0.2, 0) is 4.79 Å². The lowest BCUT2D eigenvalue weighted by Gasteiger charge is -2.23. The van der Waals surface area contributed by atoms with Gasteiger partial charge >= 0.3 is 5.97 Å². The van der Waals surface area contributed by atoms with Gasteiger partial charge in [0.2, 0.25) is 0 Å². The van der Waals surface area contributed by atoms with Gasteiger partial charge in [-0.05, 0) is 31.0 Å². The Bertz CT molecular complexity index is 380. The van der Waals surface area contributed by atoms with E-state index in [0.717, 1.165) is 37.2 Å². The van der Waals surface area contributed by atoms with Gasteiger partial charge in [-0.1, -0.05) is 19.8 Å². The first-order valence-corrected chi connectivity index (χ1v) is 6.53. The van der Waals surface area contributed by atoms with Crippen molar-refractivity contribution >= 4 is 11.8 Å². The zero-order valence-electron chi connectivity index (χ0n) is 11.2. The summed E-state index contributed by atoms with van der Waals surface area (Å²) >= 11 is 0. The van der Waals surface area contributed by atoms with Gasteiger partial charge in [0.05, 0.1) is 6.42 Å². The number of rotatable bonds is 8. The van der Waals surface area contributed by atoms with Crippen LogP contribution in [0.25, 0.3) is 0 Å². The minimum atomic E-state index is -0.761. The minimum Gasteiger partial charge on any atom is -0.481 e. The molecule has 100 valence electrons. The Balaban J connectivity index is 2.66. The third kappa shape index (κ3) is 5.17. The maximum absolute atomic E-state index is 10.7. The van der Waals surface area contributed by atoms with Crippen LogP contribution in [0.5, 0.6) is 0 Å². The maximum atomic E-state index is 10.7. The average molecular weight is 250 g/mol. The molecule has 0 aliphatic carbocycles. The molecule has 1 aromatic rings. The van der Waals surface area contributed by atoms with Crippen LogP contribution in [0.4, 0.5) is 5.82 Å². The van der Waals surface area contributed by atoms with Crippen molar-refractivity contribution in [2.24, 2.45) is 0 Å². The van der Waals surface area contributed by atoms with Crippen LogP contribution >= 0.6 is 0 Å². The van der Waals surface area contributed by atoms with Gasteiger partial charge < -0.3 is 10.0 Å². The molecule has 1 N–H and O–H groups in total. The minimum absolute atomic E-state index is 0.155. The van der Waals surface area contributed by atoms with Crippen molar-refractivity contribution in [3.05, 3.63) is 23.9 Å². The summed E-state index contributed by atoms with van der Waals surface area (Å²) in [6.45, 7) is 5.58. The second kappa shape index (κ2) is 7.69. The van der Waals surface area contributed by atoms with E-state index in [1.807, 2.05) is 19.1 Å². The van der Waals surface area contributed by atoms with E-state index < -0.39 is 5.97 Å². The molecule has 18 heavy (non-hydrogen) atoms. The molecule has 4 nitrogen and oxygen atoms in total. The summed E-state index contributed by atoms with van der Waals surface area (Å²) in [6.07, 6.45) is 5.33. The van der Waals surface area contributed by atoms with Gasteiger partial charge in [0, 0.05) is 19.3 Å². The number of carboxylic acid groups (broad SMARTS) is 1. The van der Waals surface area contributed by atoms with Crippen molar-refractivity contribution in [1.29, 1.82) is 0 Å². The van der Waals surface area contributed by atoms with Gasteiger partial charge in [0.1, 0.15) is 5.82 Å².